The van der Waals surface area contributed by atoms with Crippen molar-refractivity contribution in [3.8, 4) is 22.9 Å². The van der Waals surface area contributed by atoms with Gasteiger partial charge in [0.2, 0.25) is 0 Å². The molecular formula is C14H15NO2. The van der Waals surface area contributed by atoms with Gasteiger partial charge in [0, 0.05) is 5.56 Å². The van der Waals surface area contributed by atoms with Gasteiger partial charge in [0.15, 0.2) is 11.8 Å². The number of hydrogen-bond acceptors (Lipinski definition) is 2. The standard InChI is InChI=1S/C14H15NO2/c1-2-3-9-11-12(14(17)15-13(11)16)10-7-5-4-6-8-10/h3-9,15-17H,2H2,1H3. The molecule has 0 atom stereocenters. The summed E-state index contributed by atoms with van der Waals surface area (Å²) in [6.07, 6.45) is 4.63. The summed E-state index contributed by atoms with van der Waals surface area (Å²) in [7, 11) is 0. The van der Waals surface area contributed by atoms with E-state index in [1.54, 1.807) is 0 Å². The van der Waals surface area contributed by atoms with Gasteiger partial charge in [0.1, 0.15) is 0 Å². The molecule has 88 valence electrons. The highest BCUT2D eigenvalue weighted by Gasteiger charge is 2.15. The van der Waals surface area contributed by atoms with E-state index < -0.39 is 0 Å². The molecule has 2 rings (SSSR count). The van der Waals surface area contributed by atoms with Gasteiger partial charge in [0.05, 0.1) is 5.56 Å². The Balaban J connectivity index is 2.57. The molecule has 17 heavy (non-hydrogen) atoms. The van der Waals surface area contributed by atoms with Crippen LogP contribution in [0.2, 0.25) is 0 Å². The summed E-state index contributed by atoms with van der Waals surface area (Å²) in [6.45, 7) is 2.02. The van der Waals surface area contributed by atoms with Gasteiger partial charge in [-0.05, 0) is 12.0 Å². The summed E-state index contributed by atoms with van der Waals surface area (Å²) >= 11 is 0. The van der Waals surface area contributed by atoms with E-state index in [1.807, 2.05) is 49.4 Å². The minimum absolute atomic E-state index is 0.00828. The highest BCUT2D eigenvalue weighted by Crippen LogP contribution is 2.38. The maximum absolute atomic E-state index is 9.82. The number of hydrogen-bond donors (Lipinski definition) is 3. The van der Waals surface area contributed by atoms with Crippen LogP contribution in [-0.4, -0.2) is 15.2 Å². The smallest absolute Gasteiger partial charge is 0.199 e. The molecule has 0 aliphatic rings. The Morgan fingerprint density at radius 2 is 1.82 bits per heavy atom. The van der Waals surface area contributed by atoms with E-state index in [2.05, 4.69) is 4.98 Å². The molecule has 0 amide bonds. The first-order chi connectivity index (χ1) is 8.24. The van der Waals surface area contributed by atoms with Crippen molar-refractivity contribution in [2.45, 2.75) is 13.3 Å². The van der Waals surface area contributed by atoms with E-state index >= 15 is 0 Å². The van der Waals surface area contributed by atoms with E-state index in [4.69, 9.17) is 0 Å². The second-order valence-corrected chi connectivity index (χ2v) is 3.79. The Bertz CT molecular complexity index is 527. The fraction of sp³-hybridized carbons (Fsp3) is 0.143. The maximum atomic E-state index is 9.82. The lowest BCUT2D eigenvalue weighted by Gasteiger charge is -2.01. The van der Waals surface area contributed by atoms with Gasteiger partial charge in [-0.25, -0.2) is 0 Å². The number of aromatic nitrogens is 1. The van der Waals surface area contributed by atoms with E-state index in [0.717, 1.165) is 12.0 Å². The van der Waals surface area contributed by atoms with E-state index in [9.17, 15) is 10.2 Å². The zero-order valence-corrected chi connectivity index (χ0v) is 9.64. The van der Waals surface area contributed by atoms with Gasteiger partial charge in [-0.3, -0.25) is 4.98 Å². The van der Waals surface area contributed by atoms with E-state index in [1.165, 1.54) is 0 Å². The van der Waals surface area contributed by atoms with Crippen LogP contribution in [0.25, 0.3) is 17.2 Å². The highest BCUT2D eigenvalue weighted by molar-refractivity contribution is 5.82. The number of aromatic hydroxyl groups is 2. The molecule has 0 aliphatic carbocycles. The summed E-state index contributed by atoms with van der Waals surface area (Å²) in [4.78, 5) is 2.54. The number of rotatable bonds is 3. The monoisotopic (exact) mass is 229 g/mol. The van der Waals surface area contributed by atoms with E-state index in [-0.39, 0.29) is 11.8 Å². The topological polar surface area (TPSA) is 56.2 Å². The van der Waals surface area contributed by atoms with Crippen LogP contribution in [0.4, 0.5) is 0 Å². The summed E-state index contributed by atoms with van der Waals surface area (Å²) in [5, 5.41) is 19.5. The summed E-state index contributed by atoms with van der Waals surface area (Å²) in [6, 6.07) is 9.49. The first kappa shape index (κ1) is 11.3. The molecule has 0 spiro atoms. The summed E-state index contributed by atoms with van der Waals surface area (Å²) in [5.74, 6) is -0.0180. The Labute approximate surface area is 100 Å². The molecule has 3 heteroatoms. The van der Waals surface area contributed by atoms with Crippen LogP contribution in [-0.2, 0) is 0 Å². The van der Waals surface area contributed by atoms with Crippen molar-refractivity contribution < 1.29 is 10.2 Å². The number of nitrogens with one attached hydrogen (secondary N) is 1. The zero-order valence-electron chi connectivity index (χ0n) is 9.64. The van der Waals surface area contributed by atoms with Gasteiger partial charge in [-0.1, -0.05) is 49.4 Å². The molecule has 2 aromatic rings. The molecular weight excluding hydrogens is 214 g/mol. The Hall–Kier alpha value is -2.16. The fourth-order valence-electron chi connectivity index (χ4n) is 1.78. The van der Waals surface area contributed by atoms with Crippen molar-refractivity contribution in [1.29, 1.82) is 0 Å². The molecule has 1 aromatic heterocycles. The highest BCUT2D eigenvalue weighted by atomic mass is 16.3. The van der Waals surface area contributed by atoms with Crippen molar-refractivity contribution in [3.63, 3.8) is 0 Å². The number of benzene rings is 1. The molecule has 0 fully saturated rings. The second kappa shape index (κ2) is 4.78. The number of aromatic amines is 1. The molecule has 0 radical (unpaired) electrons. The van der Waals surface area contributed by atoms with Crippen LogP contribution in [0.3, 0.4) is 0 Å². The third kappa shape index (κ3) is 2.18. The van der Waals surface area contributed by atoms with Crippen molar-refractivity contribution in [2.75, 3.05) is 0 Å². The van der Waals surface area contributed by atoms with Crippen LogP contribution in [0.15, 0.2) is 36.4 Å². The molecule has 3 nitrogen and oxygen atoms in total. The van der Waals surface area contributed by atoms with Crippen LogP contribution >= 0.6 is 0 Å². The average molecular weight is 229 g/mol. The molecule has 1 aromatic carbocycles. The van der Waals surface area contributed by atoms with Crippen LogP contribution in [0.5, 0.6) is 11.8 Å². The van der Waals surface area contributed by atoms with Gasteiger partial charge in [-0.15, -0.1) is 0 Å². The Morgan fingerprint density at radius 1 is 1.12 bits per heavy atom. The van der Waals surface area contributed by atoms with Crippen LogP contribution < -0.4 is 0 Å². The zero-order chi connectivity index (χ0) is 12.3. The predicted octanol–water partition coefficient (Wildman–Crippen LogP) is 3.52. The maximum Gasteiger partial charge on any atom is 0.199 e. The number of allylic oxidation sites excluding steroid dienone is 1. The van der Waals surface area contributed by atoms with Gasteiger partial charge >= 0.3 is 0 Å². The lowest BCUT2D eigenvalue weighted by atomic mass is 10.0. The molecule has 3 N–H and O–H groups in total. The minimum Gasteiger partial charge on any atom is -0.494 e. The molecule has 0 unspecified atom stereocenters. The van der Waals surface area contributed by atoms with Crippen LogP contribution in [0, 0.1) is 0 Å². The second-order valence-electron chi connectivity index (χ2n) is 3.79. The van der Waals surface area contributed by atoms with Crippen molar-refractivity contribution in [1.82, 2.24) is 4.98 Å². The molecule has 0 saturated heterocycles. The van der Waals surface area contributed by atoms with Gasteiger partial charge in [0.25, 0.3) is 0 Å². The van der Waals surface area contributed by atoms with Crippen molar-refractivity contribution >= 4 is 6.08 Å². The minimum atomic E-state index is -0.00977. The molecule has 0 saturated carbocycles. The third-order valence-electron chi connectivity index (χ3n) is 2.58. The third-order valence-corrected chi connectivity index (χ3v) is 2.58. The summed E-state index contributed by atoms with van der Waals surface area (Å²) < 4.78 is 0. The average Bonchev–Trinajstić information content (AvgIpc) is 2.62. The fourth-order valence-corrected chi connectivity index (χ4v) is 1.78. The largest absolute Gasteiger partial charge is 0.494 e. The quantitative estimate of drug-likeness (QED) is 0.754. The normalized spacial score (nSPS) is 11.1. The van der Waals surface area contributed by atoms with Crippen molar-refractivity contribution in [2.24, 2.45) is 0 Å². The van der Waals surface area contributed by atoms with Gasteiger partial charge in [-0.2, -0.15) is 0 Å². The lowest BCUT2D eigenvalue weighted by Crippen LogP contribution is -1.78. The Kier molecular flexibility index (Phi) is 3.19. The first-order valence-electron chi connectivity index (χ1n) is 5.60. The predicted molar refractivity (Wildman–Crippen MR) is 68.9 cm³/mol. The molecule has 0 aliphatic heterocycles. The van der Waals surface area contributed by atoms with Crippen LogP contribution in [0.1, 0.15) is 18.9 Å². The number of H-pyrrole nitrogens is 1. The van der Waals surface area contributed by atoms with E-state index in [0.29, 0.717) is 11.1 Å². The molecule has 0 bridgehead atoms. The Morgan fingerprint density at radius 3 is 2.47 bits per heavy atom. The SMILES string of the molecule is CCC=Cc1c(O)[nH]c(O)c1-c1ccccc1. The van der Waals surface area contributed by atoms with Gasteiger partial charge < -0.3 is 10.2 Å². The van der Waals surface area contributed by atoms with Crippen molar-refractivity contribution in [3.05, 3.63) is 42.0 Å². The lowest BCUT2D eigenvalue weighted by molar-refractivity contribution is 0.425. The first-order valence-corrected chi connectivity index (χ1v) is 5.60. The summed E-state index contributed by atoms with van der Waals surface area (Å²) in [5.41, 5.74) is 2.13. The molecule has 1 heterocycles.